The zero-order valence-corrected chi connectivity index (χ0v) is 14.0. The van der Waals surface area contributed by atoms with Gasteiger partial charge in [-0.15, -0.1) is 0 Å². The second kappa shape index (κ2) is 7.79. The molecule has 0 saturated carbocycles. The van der Waals surface area contributed by atoms with Crippen molar-refractivity contribution in [2.75, 3.05) is 12.3 Å². The normalized spacial score (nSPS) is 12.8. The van der Waals surface area contributed by atoms with E-state index in [1.54, 1.807) is 31.2 Å². The summed E-state index contributed by atoms with van der Waals surface area (Å²) in [6.45, 7) is 8.86. The molecule has 1 atom stereocenters. The summed E-state index contributed by atoms with van der Waals surface area (Å²) in [5.74, 6) is 1.43. The van der Waals surface area contributed by atoms with Crippen LogP contribution in [0.3, 0.4) is 0 Å². The molecule has 0 aliphatic heterocycles. The summed E-state index contributed by atoms with van der Waals surface area (Å²) in [5, 5.41) is 3.52. The molecule has 1 aromatic rings. The van der Waals surface area contributed by atoms with Crippen LogP contribution in [0.25, 0.3) is 0 Å². The van der Waals surface area contributed by atoms with E-state index in [1.807, 2.05) is 11.8 Å². The Hall–Kier alpha value is -0.870. The van der Waals surface area contributed by atoms with Crippen LogP contribution in [0.15, 0.2) is 24.3 Å². The number of benzene rings is 1. The summed E-state index contributed by atoms with van der Waals surface area (Å²) in [5.41, 5.74) is 0. The summed E-state index contributed by atoms with van der Waals surface area (Å²) < 4.78 is 5.77. The lowest BCUT2D eigenvalue weighted by Gasteiger charge is -2.18. The molecular formula is C15H22ClNO2S. The number of halogens is 1. The van der Waals surface area contributed by atoms with Gasteiger partial charge in [0.05, 0.1) is 0 Å². The van der Waals surface area contributed by atoms with E-state index in [9.17, 15) is 4.79 Å². The first kappa shape index (κ1) is 17.2. The average Bonchev–Trinajstić information content (AvgIpc) is 2.36. The van der Waals surface area contributed by atoms with Crippen LogP contribution < -0.4 is 10.1 Å². The van der Waals surface area contributed by atoms with Crippen molar-refractivity contribution in [1.29, 1.82) is 0 Å². The van der Waals surface area contributed by atoms with Crippen molar-refractivity contribution in [2.24, 2.45) is 0 Å². The summed E-state index contributed by atoms with van der Waals surface area (Å²) in [6.07, 6.45) is -0.518. The first-order valence-electron chi connectivity index (χ1n) is 6.62. The van der Waals surface area contributed by atoms with Crippen LogP contribution in [0, 0.1) is 0 Å². The lowest BCUT2D eigenvalue weighted by atomic mass is 10.3. The Labute approximate surface area is 130 Å². The molecule has 0 saturated heterocycles. The molecular weight excluding hydrogens is 294 g/mol. The van der Waals surface area contributed by atoms with E-state index in [0.717, 1.165) is 5.75 Å². The van der Waals surface area contributed by atoms with Crippen molar-refractivity contribution in [3.8, 4) is 5.75 Å². The molecule has 0 radical (unpaired) electrons. The number of hydrogen-bond acceptors (Lipinski definition) is 3. The van der Waals surface area contributed by atoms with Crippen LogP contribution in [-0.4, -0.2) is 29.1 Å². The first-order chi connectivity index (χ1) is 9.28. The minimum Gasteiger partial charge on any atom is -0.481 e. The third kappa shape index (κ3) is 7.06. The number of carbonyl (C=O) groups is 1. The molecule has 1 aromatic carbocycles. The average molecular weight is 316 g/mol. The summed E-state index contributed by atoms with van der Waals surface area (Å²) in [6, 6.07) is 6.98. The predicted molar refractivity (Wildman–Crippen MR) is 86.8 cm³/mol. The van der Waals surface area contributed by atoms with Crippen LogP contribution in [0.2, 0.25) is 5.02 Å². The molecule has 1 unspecified atom stereocenters. The second-order valence-corrected chi connectivity index (χ2v) is 7.82. The Balaban J connectivity index is 2.30. The van der Waals surface area contributed by atoms with E-state index in [0.29, 0.717) is 17.3 Å². The van der Waals surface area contributed by atoms with E-state index in [-0.39, 0.29) is 10.7 Å². The highest BCUT2D eigenvalue weighted by Crippen LogP contribution is 2.22. The summed E-state index contributed by atoms with van der Waals surface area (Å²) in [7, 11) is 0. The zero-order chi connectivity index (χ0) is 15.2. The molecule has 5 heteroatoms. The number of rotatable bonds is 6. The van der Waals surface area contributed by atoms with Gasteiger partial charge in [0.25, 0.3) is 5.91 Å². The predicted octanol–water partition coefficient (Wildman–Crippen LogP) is 3.76. The van der Waals surface area contributed by atoms with E-state index in [4.69, 9.17) is 16.3 Å². The Morgan fingerprint density at radius 3 is 2.50 bits per heavy atom. The Bertz CT molecular complexity index is 428. The zero-order valence-electron chi connectivity index (χ0n) is 12.4. The van der Waals surface area contributed by atoms with Crippen LogP contribution >= 0.6 is 23.4 Å². The molecule has 3 nitrogen and oxygen atoms in total. The monoisotopic (exact) mass is 315 g/mol. The van der Waals surface area contributed by atoms with Crippen LogP contribution in [0.1, 0.15) is 27.7 Å². The van der Waals surface area contributed by atoms with Gasteiger partial charge in [0.15, 0.2) is 6.10 Å². The molecule has 0 aliphatic carbocycles. The second-order valence-electron chi connectivity index (χ2n) is 5.47. The van der Waals surface area contributed by atoms with E-state index < -0.39 is 6.10 Å². The maximum absolute atomic E-state index is 11.9. The van der Waals surface area contributed by atoms with Gasteiger partial charge in [-0.25, -0.2) is 0 Å². The fourth-order valence-electron chi connectivity index (χ4n) is 1.45. The van der Waals surface area contributed by atoms with Gasteiger partial charge >= 0.3 is 0 Å². The molecule has 1 N–H and O–H groups in total. The molecule has 0 aliphatic rings. The first-order valence-corrected chi connectivity index (χ1v) is 7.98. The van der Waals surface area contributed by atoms with Gasteiger partial charge in [0.1, 0.15) is 5.75 Å². The van der Waals surface area contributed by atoms with Gasteiger partial charge in [0.2, 0.25) is 0 Å². The van der Waals surface area contributed by atoms with Gasteiger partial charge in [0, 0.05) is 22.1 Å². The number of amides is 1. The SMILES string of the molecule is CC(Oc1ccc(Cl)cc1)C(=O)NCCSC(C)(C)C. The van der Waals surface area contributed by atoms with Gasteiger partial charge in [-0.05, 0) is 31.2 Å². The number of hydrogen-bond donors (Lipinski definition) is 1. The molecule has 1 amide bonds. The smallest absolute Gasteiger partial charge is 0.260 e. The molecule has 0 bridgehead atoms. The minimum atomic E-state index is -0.518. The molecule has 20 heavy (non-hydrogen) atoms. The quantitative estimate of drug-likeness (QED) is 0.812. The summed E-state index contributed by atoms with van der Waals surface area (Å²) in [4.78, 5) is 11.9. The Kier molecular flexibility index (Phi) is 6.69. The highest BCUT2D eigenvalue weighted by Gasteiger charge is 2.15. The summed E-state index contributed by atoms with van der Waals surface area (Å²) >= 11 is 7.62. The molecule has 0 spiro atoms. The number of carbonyl (C=O) groups excluding carboxylic acids is 1. The van der Waals surface area contributed by atoms with E-state index in [2.05, 4.69) is 26.1 Å². The lowest BCUT2D eigenvalue weighted by Crippen LogP contribution is -2.37. The van der Waals surface area contributed by atoms with Crippen LogP contribution in [-0.2, 0) is 4.79 Å². The number of nitrogens with one attached hydrogen (secondary N) is 1. The van der Waals surface area contributed by atoms with Crippen molar-refractivity contribution < 1.29 is 9.53 Å². The maximum Gasteiger partial charge on any atom is 0.260 e. The topological polar surface area (TPSA) is 38.3 Å². The van der Waals surface area contributed by atoms with Crippen LogP contribution in [0.5, 0.6) is 5.75 Å². The Morgan fingerprint density at radius 1 is 1.35 bits per heavy atom. The lowest BCUT2D eigenvalue weighted by molar-refractivity contribution is -0.127. The van der Waals surface area contributed by atoms with Gasteiger partial charge in [-0.1, -0.05) is 32.4 Å². The van der Waals surface area contributed by atoms with Crippen molar-refractivity contribution >= 4 is 29.3 Å². The van der Waals surface area contributed by atoms with Gasteiger partial charge in [-0.2, -0.15) is 11.8 Å². The molecule has 112 valence electrons. The highest BCUT2D eigenvalue weighted by molar-refractivity contribution is 8.00. The van der Waals surface area contributed by atoms with Crippen molar-refractivity contribution in [3.63, 3.8) is 0 Å². The molecule has 0 aromatic heterocycles. The van der Waals surface area contributed by atoms with Crippen molar-refractivity contribution in [2.45, 2.75) is 38.5 Å². The van der Waals surface area contributed by atoms with Crippen LogP contribution in [0.4, 0.5) is 0 Å². The largest absolute Gasteiger partial charge is 0.481 e. The standard InChI is InChI=1S/C15H22ClNO2S/c1-11(19-13-7-5-12(16)6-8-13)14(18)17-9-10-20-15(2,3)4/h5-8,11H,9-10H2,1-4H3,(H,17,18). The Morgan fingerprint density at radius 2 is 1.95 bits per heavy atom. The fraction of sp³-hybridized carbons (Fsp3) is 0.533. The highest BCUT2D eigenvalue weighted by atomic mass is 35.5. The van der Waals surface area contributed by atoms with Crippen molar-refractivity contribution in [3.05, 3.63) is 29.3 Å². The van der Waals surface area contributed by atoms with Gasteiger partial charge < -0.3 is 10.1 Å². The van der Waals surface area contributed by atoms with E-state index in [1.165, 1.54) is 0 Å². The molecule has 1 rings (SSSR count). The van der Waals surface area contributed by atoms with E-state index >= 15 is 0 Å². The third-order valence-corrected chi connectivity index (χ3v) is 3.96. The molecule has 0 heterocycles. The minimum absolute atomic E-state index is 0.102. The van der Waals surface area contributed by atoms with Gasteiger partial charge in [-0.3, -0.25) is 4.79 Å². The van der Waals surface area contributed by atoms with Crippen molar-refractivity contribution in [1.82, 2.24) is 5.32 Å². The third-order valence-electron chi connectivity index (χ3n) is 2.43. The molecule has 0 fully saturated rings. The number of thioether (sulfide) groups is 1. The number of ether oxygens (including phenoxy) is 1. The maximum atomic E-state index is 11.9. The fourth-order valence-corrected chi connectivity index (χ4v) is 2.39.